The fraction of sp³-hybridized carbons (Fsp3) is 0.158. The van der Waals surface area contributed by atoms with E-state index < -0.39 is 0 Å². The Morgan fingerprint density at radius 2 is 1.83 bits per heavy atom. The highest BCUT2D eigenvalue weighted by Crippen LogP contribution is 2.32. The number of aryl methyl sites for hydroxylation is 2. The summed E-state index contributed by atoms with van der Waals surface area (Å²) in [6.45, 7) is 4.02. The second kappa shape index (κ2) is 6.42. The van der Waals surface area contributed by atoms with Crippen molar-refractivity contribution in [3.63, 3.8) is 0 Å². The Bertz CT molecular complexity index is 820. The largest absolute Gasteiger partial charge is 0.496 e. The molecule has 23 heavy (non-hydrogen) atoms. The van der Waals surface area contributed by atoms with Gasteiger partial charge in [-0.15, -0.1) is 0 Å². The molecule has 0 radical (unpaired) electrons. The molecule has 0 atom stereocenters. The van der Waals surface area contributed by atoms with Crippen LogP contribution >= 0.6 is 11.8 Å². The Labute approximate surface area is 140 Å². The van der Waals surface area contributed by atoms with Crippen molar-refractivity contribution in [3.05, 3.63) is 69.6 Å². The average Bonchev–Trinajstić information content (AvgIpc) is 2.89. The Morgan fingerprint density at radius 3 is 2.48 bits per heavy atom. The van der Waals surface area contributed by atoms with Crippen LogP contribution in [0.5, 0.6) is 5.75 Å². The highest BCUT2D eigenvalue weighted by atomic mass is 32.2. The lowest BCUT2D eigenvalue weighted by Crippen LogP contribution is -1.90. The van der Waals surface area contributed by atoms with Crippen LogP contribution in [0.3, 0.4) is 0 Å². The maximum atomic E-state index is 12.1. The highest BCUT2D eigenvalue weighted by molar-refractivity contribution is 8.19. The molecule has 1 aliphatic rings. The minimum atomic E-state index is -0.181. The molecule has 0 saturated carbocycles. The third-order valence-electron chi connectivity index (χ3n) is 3.64. The lowest BCUT2D eigenvalue weighted by Gasteiger charge is -2.05. The zero-order valence-electron chi connectivity index (χ0n) is 13.3. The number of amides is 1. The van der Waals surface area contributed by atoms with Crippen molar-refractivity contribution < 1.29 is 9.53 Å². The number of rotatable bonds is 3. The van der Waals surface area contributed by atoms with Crippen LogP contribution in [0, 0.1) is 13.8 Å². The van der Waals surface area contributed by atoms with Crippen LogP contribution in [-0.4, -0.2) is 18.1 Å². The molecule has 0 spiro atoms. The number of hydrogen-bond acceptors (Lipinski definition) is 3. The first-order valence-electron chi connectivity index (χ1n) is 7.31. The van der Waals surface area contributed by atoms with Gasteiger partial charge in [0.2, 0.25) is 0 Å². The Balaban J connectivity index is 1.84. The molecule has 4 heteroatoms. The smallest absolute Gasteiger partial charge is 0.284 e. The van der Waals surface area contributed by atoms with E-state index in [0.717, 1.165) is 27.5 Å². The maximum absolute atomic E-state index is 12.1. The van der Waals surface area contributed by atoms with Crippen LogP contribution in [0.25, 0.3) is 6.08 Å². The van der Waals surface area contributed by atoms with E-state index in [1.165, 1.54) is 17.3 Å². The first-order valence-corrected chi connectivity index (χ1v) is 8.13. The maximum Gasteiger partial charge on any atom is 0.284 e. The third-order valence-corrected chi connectivity index (χ3v) is 4.67. The zero-order chi connectivity index (χ0) is 16.4. The van der Waals surface area contributed by atoms with Gasteiger partial charge in [-0.25, -0.2) is 4.99 Å². The second-order valence-electron chi connectivity index (χ2n) is 5.43. The number of benzene rings is 2. The van der Waals surface area contributed by atoms with Crippen LogP contribution < -0.4 is 4.74 Å². The molecule has 0 bridgehead atoms. The van der Waals surface area contributed by atoms with Gasteiger partial charge in [0.1, 0.15) is 10.8 Å². The topological polar surface area (TPSA) is 38.7 Å². The number of aliphatic imine (C=N–C) groups is 1. The summed E-state index contributed by atoms with van der Waals surface area (Å²) in [5, 5.41) is 0.756. The minimum Gasteiger partial charge on any atom is -0.496 e. The number of methoxy groups -OCH3 is 1. The van der Waals surface area contributed by atoms with Gasteiger partial charge in [-0.2, -0.15) is 0 Å². The standard InChI is InChI=1S/C19H17NO2S/c1-12-4-7-15(8-5-12)19-20-18(21)17(23-19)11-14-6-9-16(22-3)13(2)10-14/h4-11H,1-3H3/b17-11+. The Hall–Kier alpha value is -2.33. The van der Waals surface area contributed by atoms with Crippen molar-refractivity contribution in [2.24, 2.45) is 4.99 Å². The molecule has 0 saturated heterocycles. The third kappa shape index (κ3) is 3.37. The molecular formula is C19H17NO2S. The Morgan fingerprint density at radius 1 is 1.09 bits per heavy atom. The number of carbonyl (C=O) groups is 1. The van der Waals surface area contributed by atoms with E-state index >= 15 is 0 Å². The number of thioether (sulfide) groups is 1. The summed E-state index contributed by atoms with van der Waals surface area (Å²) in [6, 6.07) is 13.9. The molecule has 1 heterocycles. The number of nitrogens with zero attached hydrogens (tertiary/aromatic N) is 1. The van der Waals surface area contributed by atoms with Crippen molar-refractivity contribution in [2.75, 3.05) is 7.11 Å². The second-order valence-corrected chi connectivity index (χ2v) is 6.46. The molecular weight excluding hydrogens is 306 g/mol. The number of carbonyl (C=O) groups excluding carboxylic acids is 1. The number of hydrogen-bond donors (Lipinski definition) is 0. The van der Waals surface area contributed by atoms with Gasteiger partial charge in [0, 0.05) is 5.56 Å². The molecule has 2 aromatic carbocycles. The molecule has 2 aromatic rings. The molecule has 3 rings (SSSR count). The van der Waals surface area contributed by atoms with Crippen LogP contribution in [0.1, 0.15) is 22.3 Å². The van der Waals surface area contributed by atoms with E-state index in [2.05, 4.69) is 4.99 Å². The molecule has 1 aliphatic heterocycles. The fourth-order valence-corrected chi connectivity index (χ4v) is 3.29. The molecule has 0 fully saturated rings. The van der Waals surface area contributed by atoms with Gasteiger partial charge in [-0.05, 0) is 43.2 Å². The quantitative estimate of drug-likeness (QED) is 0.787. The van der Waals surface area contributed by atoms with Crippen LogP contribution in [0.4, 0.5) is 0 Å². The molecule has 3 nitrogen and oxygen atoms in total. The van der Waals surface area contributed by atoms with E-state index in [1.807, 2.05) is 62.4 Å². The molecule has 0 aromatic heterocycles. The summed E-state index contributed by atoms with van der Waals surface area (Å²) in [5.74, 6) is 0.660. The monoisotopic (exact) mass is 323 g/mol. The van der Waals surface area contributed by atoms with Gasteiger partial charge in [-0.1, -0.05) is 47.7 Å². The predicted octanol–water partition coefficient (Wildman–Crippen LogP) is 4.37. The normalized spacial score (nSPS) is 15.9. The van der Waals surface area contributed by atoms with Gasteiger partial charge in [0.05, 0.1) is 12.0 Å². The Kier molecular flexibility index (Phi) is 4.35. The summed E-state index contributed by atoms with van der Waals surface area (Å²) >= 11 is 1.42. The summed E-state index contributed by atoms with van der Waals surface area (Å²) in [4.78, 5) is 16.9. The van der Waals surface area contributed by atoms with Gasteiger partial charge >= 0.3 is 0 Å². The lowest BCUT2D eigenvalue weighted by atomic mass is 10.1. The summed E-state index contributed by atoms with van der Waals surface area (Å²) in [5.41, 5.74) is 4.17. The lowest BCUT2D eigenvalue weighted by molar-refractivity contribution is -0.113. The first-order chi connectivity index (χ1) is 11.1. The summed E-state index contributed by atoms with van der Waals surface area (Å²) < 4.78 is 5.26. The fourth-order valence-electron chi connectivity index (χ4n) is 2.37. The van der Waals surface area contributed by atoms with Crippen molar-refractivity contribution in [1.82, 2.24) is 0 Å². The number of ether oxygens (including phenoxy) is 1. The van der Waals surface area contributed by atoms with E-state index in [-0.39, 0.29) is 5.91 Å². The van der Waals surface area contributed by atoms with Crippen LogP contribution in [-0.2, 0) is 4.79 Å². The van der Waals surface area contributed by atoms with Gasteiger partial charge in [0.15, 0.2) is 0 Å². The molecule has 1 amide bonds. The molecule has 116 valence electrons. The summed E-state index contributed by atoms with van der Waals surface area (Å²) in [6.07, 6.45) is 1.88. The minimum absolute atomic E-state index is 0.181. The van der Waals surface area contributed by atoms with E-state index in [1.54, 1.807) is 7.11 Å². The predicted molar refractivity (Wildman–Crippen MR) is 96.0 cm³/mol. The first kappa shape index (κ1) is 15.6. The highest BCUT2D eigenvalue weighted by Gasteiger charge is 2.22. The van der Waals surface area contributed by atoms with Gasteiger partial charge < -0.3 is 4.74 Å². The van der Waals surface area contributed by atoms with E-state index in [0.29, 0.717) is 4.91 Å². The average molecular weight is 323 g/mol. The van der Waals surface area contributed by atoms with Crippen molar-refractivity contribution >= 4 is 28.8 Å². The van der Waals surface area contributed by atoms with Crippen molar-refractivity contribution in [2.45, 2.75) is 13.8 Å². The zero-order valence-corrected chi connectivity index (χ0v) is 14.1. The van der Waals surface area contributed by atoms with Crippen LogP contribution in [0.15, 0.2) is 52.4 Å². The van der Waals surface area contributed by atoms with Gasteiger partial charge in [-0.3, -0.25) is 4.79 Å². The molecule has 0 aliphatic carbocycles. The van der Waals surface area contributed by atoms with E-state index in [9.17, 15) is 4.79 Å². The molecule has 0 N–H and O–H groups in total. The van der Waals surface area contributed by atoms with E-state index in [4.69, 9.17) is 4.74 Å². The molecule has 0 unspecified atom stereocenters. The van der Waals surface area contributed by atoms with Gasteiger partial charge in [0.25, 0.3) is 5.91 Å². The van der Waals surface area contributed by atoms with Crippen molar-refractivity contribution in [3.8, 4) is 5.75 Å². The summed E-state index contributed by atoms with van der Waals surface area (Å²) in [7, 11) is 1.65. The van der Waals surface area contributed by atoms with Crippen molar-refractivity contribution in [1.29, 1.82) is 0 Å². The SMILES string of the molecule is COc1ccc(/C=C2/SC(c3ccc(C)cc3)=NC2=O)cc1C. The van der Waals surface area contributed by atoms with Crippen LogP contribution in [0.2, 0.25) is 0 Å².